The number of rotatable bonds is 3. The van der Waals surface area contributed by atoms with Gasteiger partial charge in [0.05, 0.1) is 17.6 Å². The Labute approximate surface area is 202 Å². The van der Waals surface area contributed by atoms with Crippen molar-refractivity contribution in [3.63, 3.8) is 0 Å². The second-order valence-electron chi connectivity index (χ2n) is 12.5. The molecule has 192 valence electrons. The van der Waals surface area contributed by atoms with E-state index in [-0.39, 0.29) is 35.0 Å². The van der Waals surface area contributed by atoms with Crippen molar-refractivity contribution >= 4 is 5.84 Å². The fourth-order valence-corrected chi connectivity index (χ4v) is 9.77. The highest BCUT2D eigenvalue weighted by atomic mass is 17.1. The van der Waals surface area contributed by atoms with Crippen molar-refractivity contribution in [2.45, 2.75) is 89.9 Å². The van der Waals surface area contributed by atoms with Gasteiger partial charge in [-0.2, -0.15) is 10.4 Å². The van der Waals surface area contributed by atoms with E-state index in [2.05, 4.69) is 36.3 Å². The van der Waals surface area contributed by atoms with Crippen LogP contribution in [0.3, 0.4) is 0 Å². The van der Waals surface area contributed by atoms with Gasteiger partial charge in [-0.3, -0.25) is 4.99 Å². The van der Waals surface area contributed by atoms with E-state index in [0.717, 1.165) is 31.6 Å². The quantitative estimate of drug-likeness (QED) is 0.241. The predicted molar refractivity (Wildman–Crippen MR) is 128 cm³/mol. The van der Waals surface area contributed by atoms with Crippen LogP contribution in [0.2, 0.25) is 0 Å². The molecular weight excluding hydrogens is 434 g/mol. The van der Waals surface area contributed by atoms with Crippen molar-refractivity contribution in [3.05, 3.63) is 17.4 Å². The van der Waals surface area contributed by atoms with Crippen LogP contribution in [0.15, 0.2) is 17.1 Å². The molecule has 1 heterocycles. The van der Waals surface area contributed by atoms with Crippen molar-refractivity contribution in [1.29, 1.82) is 0 Å². The maximum atomic E-state index is 12.2. The van der Waals surface area contributed by atoms with E-state index < -0.39 is 27.6 Å². The summed E-state index contributed by atoms with van der Waals surface area (Å²) in [6, 6.07) is -0.933. The van der Waals surface area contributed by atoms with Crippen LogP contribution >= 0.6 is 0 Å². The number of fused-ring (bicyclic) bond motifs is 5. The average molecular weight is 478 g/mol. The van der Waals surface area contributed by atoms with Crippen molar-refractivity contribution in [3.8, 4) is 0 Å². The second kappa shape index (κ2) is 7.73. The molecule has 5 rings (SSSR count). The van der Waals surface area contributed by atoms with Gasteiger partial charge in [0, 0.05) is 13.0 Å². The summed E-state index contributed by atoms with van der Waals surface area (Å²) < 4.78 is 0. The summed E-state index contributed by atoms with van der Waals surface area (Å²) in [5, 5.41) is 59.6. The topological polar surface area (TPSA) is 128 Å². The molecule has 34 heavy (non-hydrogen) atoms. The molecule has 5 N–H and O–H groups in total. The minimum atomic E-state index is -2.31. The van der Waals surface area contributed by atoms with Gasteiger partial charge in [0.15, 0.2) is 6.04 Å². The van der Waals surface area contributed by atoms with Crippen LogP contribution in [-0.4, -0.2) is 61.8 Å². The highest BCUT2D eigenvalue weighted by Crippen LogP contribution is 2.70. The summed E-state index contributed by atoms with van der Waals surface area (Å²) in [7, 11) is 0. The van der Waals surface area contributed by atoms with Gasteiger partial charge in [-0.1, -0.05) is 37.9 Å². The van der Waals surface area contributed by atoms with E-state index in [9.17, 15) is 25.8 Å². The van der Waals surface area contributed by atoms with Crippen molar-refractivity contribution in [1.82, 2.24) is 5.32 Å². The summed E-state index contributed by atoms with van der Waals surface area (Å²) in [6.45, 7) is 9.91. The zero-order valence-electron chi connectivity index (χ0n) is 21.1. The van der Waals surface area contributed by atoms with Crippen molar-refractivity contribution in [2.24, 2.45) is 45.4 Å². The van der Waals surface area contributed by atoms with Crippen LogP contribution in [0.5, 0.6) is 0 Å². The fraction of sp³-hybridized carbons (Fsp3) is 0.885. The lowest BCUT2D eigenvalue weighted by Gasteiger charge is -2.67. The molecule has 0 bridgehead atoms. The summed E-state index contributed by atoms with van der Waals surface area (Å²) in [5.41, 5.74) is -3.02. The van der Waals surface area contributed by atoms with Crippen LogP contribution in [0.25, 0.3) is 0 Å². The van der Waals surface area contributed by atoms with E-state index in [1.807, 2.05) is 13.8 Å². The molecule has 4 aliphatic carbocycles. The molecule has 0 saturated heterocycles. The lowest BCUT2D eigenvalue weighted by atomic mass is 9.39. The monoisotopic (exact) mass is 477 g/mol. The molecule has 1 aliphatic heterocycles. The number of quaternary nitrogens is 1. The first-order valence-electron chi connectivity index (χ1n) is 13.3. The normalized spacial score (nSPS) is 53.1. The first kappa shape index (κ1) is 24.7. The second-order valence-corrected chi connectivity index (χ2v) is 12.5. The fourth-order valence-electron chi connectivity index (χ4n) is 9.77. The first-order valence-corrected chi connectivity index (χ1v) is 13.3. The van der Waals surface area contributed by atoms with Crippen LogP contribution < -0.4 is 5.32 Å². The Bertz CT molecular complexity index is 888. The third-order valence-electron chi connectivity index (χ3n) is 11.6. The third-order valence-corrected chi connectivity index (χ3v) is 11.6. The molecule has 10 atom stereocenters. The number of hydrogen-bond acceptors (Lipinski definition) is 7. The number of aliphatic hydroxyl groups is 2. The first-order chi connectivity index (χ1) is 15.8. The Hall–Kier alpha value is -1.03. The standard InChI is InChI=1S/C26H43N3O5/c1-5-6-18-16(2)25(30,22-27-13-14-28-22)15-17-7-8-20-19(24(17,18)4)9-11-23(3)21(29(32,33)34)10-12-26(20,23)31/h5-6,16-21,30-33H,7-15H2,1-4H3,(H,27,28)/t16?,17?,18?,19-,20-,21?,23-,24-,25?,26-/m1/s1. The smallest absolute Gasteiger partial charge is 0.160 e. The zero-order chi connectivity index (χ0) is 24.7. The molecule has 0 amide bonds. The van der Waals surface area contributed by atoms with Gasteiger partial charge in [-0.25, -0.2) is 0 Å². The molecule has 0 radical (unpaired) electrons. The van der Waals surface area contributed by atoms with Gasteiger partial charge in [0.25, 0.3) is 0 Å². The van der Waals surface area contributed by atoms with E-state index in [1.54, 1.807) is 0 Å². The lowest BCUT2D eigenvalue weighted by molar-refractivity contribution is -1.23. The number of hydroxylamine groups is 3. The molecule has 4 saturated carbocycles. The highest BCUT2D eigenvalue weighted by molar-refractivity contribution is 5.92. The number of nitrogens with zero attached hydrogens (tertiary/aromatic N) is 2. The Morgan fingerprint density at radius 1 is 1.09 bits per heavy atom. The minimum Gasteiger partial charge on any atom is -0.564 e. The number of aliphatic imine (C=N–C) groups is 1. The Morgan fingerprint density at radius 2 is 1.82 bits per heavy atom. The number of hydrogen-bond donors (Lipinski definition) is 5. The van der Waals surface area contributed by atoms with E-state index in [1.165, 1.54) is 0 Å². The highest BCUT2D eigenvalue weighted by Gasteiger charge is 2.72. The number of allylic oxidation sites excluding steroid dienone is 2. The van der Waals surface area contributed by atoms with Crippen LogP contribution in [-0.2, 0) is 0 Å². The molecule has 5 aliphatic rings. The molecule has 8 heteroatoms. The van der Waals surface area contributed by atoms with E-state index in [0.29, 0.717) is 32.2 Å². The molecular formula is C26H43N3O5. The van der Waals surface area contributed by atoms with Crippen LogP contribution in [0.4, 0.5) is 0 Å². The number of amidine groups is 1. The Morgan fingerprint density at radius 3 is 2.44 bits per heavy atom. The lowest BCUT2D eigenvalue weighted by Crippen LogP contribution is -2.69. The van der Waals surface area contributed by atoms with E-state index in [4.69, 9.17) is 0 Å². The van der Waals surface area contributed by atoms with Crippen LogP contribution in [0, 0.1) is 45.6 Å². The molecule has 0 aromatic heterocycles. The van der Waals surface area contributed by atoms with Gasteiger partial charge in [-0.05, 0) is 80.5 Å². The maximum absolute atomic E-state index is 12.2. The molecule has 0 aromatic rings. The average Bonchev–Trinajstić information content (AvgIpc) is 3.39. The third kappa shape index (κ3) is 3.02. The Kier molecular flexibility index (Phi) is 5.61. The van der Waals surface area contributed by atoms with E-state index >= 15 is 0 Å². The molecule has 4 fully saturated rings. The summed E-state index contributed by atoms with van der Waals surface area (Å²) in [5.74, 6) is 1.35. The predicted octanol–water partition coefficient (Wildman–Crippen LogP) is 3.39. The van der Waals surface area contributed by atoms with Crippen molar-refractivity contribution < 1.29 is 25.6 Å². The molecule has 5 unspecified atom stereocenters. The number of nitrogens with one attached hydrogen (secondary N) is 1. The van der Waals surface area contributed by atoms with Gasteiger partial charge in [0.2, 0.25) is 0 Å². The SMILES string of the molecule is CC=CC1C(C)C(O)(C2=NCCN2)CC2CC[C@@H]3[C@@H](CC[C@]4(C)C([N+]([O-])(O)O)CC[C@@]34O)[C@]21C. The van der Waals surface area contributed by atoms with Gasteiger partial charge in [-0.15, -0.1) is 0 Å². The Balaban J connectivity index is 1.54. The van der Waals surface area contributed by atoms with Crippen LogP contribution in [0.1, 0.15) is 72.6 Å². The summed E-state index contributed by atoms with van der Waals surface area (Å²) in [4.78, 5) is 2.32. The molecule has 0 aromatic carbocycles. The van der Waals surface area contributed by atoms with Gasteiger partial charge in [0.1, 0.15) is 11.4 Å². The zero-order valence-corrected chi connectivity index (χ0v) is 21.1. The van der Waals surface area contributed by atoms with Crippen molar-refractivity contribution in [2.75, 3.05) is 13.1 Å². The maximum Gasteiger partial charge on any atom is 0.160 e. The largest absolute Gasteiger partial charge is 0.564 e. The molecule has 8 nitrogen and oxygen atoms in total. The van der Waals surface area contributed by atoms with Gasteiger partial charge < -0.3 is 20.7 Å². The minimum absolute atomic E-state index is 0.00264. The molecule has 0 spiro atoms. The summed E-state index contributed by atoms with van der Waals surface area (Å²) >= 11 is 0. The van der Waals surface area contributed by atoms with Gasteiger partial charge >= 0.3 is 0 Å². The summed E-state index contributed by atoms with van der Waals surface area (Å²) in [6.07, 6.45) is 8.91.